The number of aliphatic hydroxyl groups is 1. The Morgan fingerprint density at radius 2 is 1.81 bits per heavy atom. The summed E-state index contributed by atoms with van der Waals surface area (Å²) in [6.07, 6.45) is 0. The van der Waals surface area contributed by atoms with E-state index in [1.807, 2.05) is 0 Å². The van der Waals surface area contributed by atoms with Gasteiger partial charge in [0.15, 0.2) is 11.5 Å². The van der Waals surface area contributed by atoms with Crippen molar-refractivity contribution in [3.8, 4) is 11.5 Å². The molecule has 2 rings (SSSR count). The molecular formula is C19H23Cl2FN2O3. The topological polar surface area (TPSA) is 62.8 Å². The Labute approximate surface area is 168 Å². The minimum atomic E-state index is -0.428. The average molecular weight is 417 g/mol. The third-order valence-electron chi connectivity index (χ3n) is 3.85. The van der Waals surface area contributed by atoms with Gasteiger partial charge in [0.05, 0.1) is 18.7 Å². The Bertz CT molecular complexity index is 727. The number of ether oxygens (including phenoxy) is 2. The molecule has 2 aromatic carbocycles. The molecule has 0 saturated heterocycles. The molecule has 148 valence electrons. The van der Waals surface area contributed by atoms with Crippen LogP contribution in [-0.2, 0) is 13.2 Å². The number of methoxy groups -OCH3 is 1. The van der Waals surface area contributed by atoms with Crippen LogP contribution in [0.1, 0.15) is 11.1 Å². The summed E-state index contributed by atoms with van der Waals surface area (Å²) >= 11 is 12.4. The fraction of sp³-hybridized carbons (Fsp3) is 0.368. The van der Waals surface area contributed by atoms with Gasteiger partial charge in [0.1, 0.15) is 12.4 Å². The molecule has 2 aromatic rings. The van der Waals surface area contributed by atoms with E-state index in [4.69, 9.17) is 37.8 Å². The van der Waals surface area contributed by atoms with E-state index in [9.17, 15) is 4.39 Å². The molecule has 0 unspecified atom stereocenters. The summed E-state index contributed by atoms with van der Waals surface area (Å²) in [6, 6.07) is 7.92. The second-order valence-corrected chi connectivity index (χ2v) is 6.55. The Kier molecular flexibility index (Phi) is 9.10. The molecule has 0 heterocycles. The van der Waals surface area contributed by atoms with Crippen LogP contribution in [0.3, 0.4) is 0 Å². The predicted molar refractivity (Wildman–Crippen MR) is 105 cm³/mol. The van der Waals surface area contributed by atoms with Crippen molar-refractivity contribution < 1.29 is 19.0 Å². The van der Waals surface area contributed by atoms with Gasteiger partial charge in [0.2, 0.25) is 0 Å². The fourth-order valence-corrected chi connectivity index (χ4v) is 2.85. The highest BCUT2D eigenvalue weighted by Gasteiger charge is 2.13. The lowest BCUT2D eigenvalue weighted by atomic mass is 10.2. The van der Waals surface area contributed by atoms with Crippen LogP contribution in [0, 0.1) is 5.82 Å². The van der Waals surface area contributed by atoms with E-state index in [-0.39, 0.29) is 18.8 Å². The lowest BCUT2D eigenvalue weighted by molar-refractivity contribution is 0.279. The number of hydrogen-bond acceptors (Lipinski definition) is 5. The molecular weight excluding hydrogens is 394 g/mol. The van der Waals surface area contributed by atoms with Gasteiger partial charge >= 0.3 is 0 Å². The van der Waals surface area contributed by atoms with Gasteiger partial charge in [-0.25, -0.2) is 4.39 Å². The van der Waals surface area contributed by atoms with Crippen molar-refractivity contribution >= 4 is 23.2 Å². The molecule has 27 heavy (non-hydrogen) atoms. The molecule has 0 bridgehead atoms. The first kappa shape index (κ1) is 21.7. The molecule has 8 heteroatoms. The lowest BCUT2D eigenvalue weighted by Crippen LogP contribution is -2.28. The second-order valence-electron chi connectivity index (χ2n) is 5.73. The third kappa shape index (κ3) is 6.52. The predicted octanol–water partition coefficient (Wildman–Crippen LogP) is 3.39. The standard InChI is InChI=1S/C19H23Cl2FN2O3/c1-26-18-9-13(11-24-6-5-23-7-8-25)16(21)10-19(18)27-12-14-15(20)3-2-4-17(14)22/h2-4,9-10,23-25H,5-8,11-12H2,1H3. The minimum absolute atomic E-state index is 0.0354. The van der Waals surface area contributed by atoms with Crippen molar-refractivity contribution in [3.05, 3.63) is 57.3 Å². The quantitative estimate of drug-likeness (QED) is 0.490. The minimum Gasteiger partial charge on any atom is -0.493 e. The molecule has 0 amide bonds. The van der Waals surface area contributed by atoms with Crippen LogP contribution in [0.15, 0.2) is 30.3 Å². The number of benzene rings is 2. The zero-order valence-electron chi connectivity index (χ0n) is 15.0. The maximum absolute atomic E-state index is 13.9. The molecule has 0 aliphatic carbocycles. The van der Waals surface area contributed by atoms with Crippen LogP contribution in [0.5, 0.6) is 11.5 Å². The summed E-state index contributed by atoms with van der Waals surface area (Å²) in [5.41, 5.74) is 1.13. The molecule has 0 atom stereocenters. The van der Waals surface area contributed by atoms with Gasteiger partial charge in [-0.15, -0.1) is 0 Å². The van der Waals surface area contributed by atoms with E-state index in [1.165, 1.54) is 13.2 Å². The third-order valence-corrected chi connectivity index (χ3v) is 4.55. The van der Waals surface area contributed by atoms with Crippen molar-refractivity contribution in [2.45, 2.75) is 13.2 Å². The largest absolute Gasteiger partial charge is 0.493 e. The van der Waals surface area contributed by atoms with Crippen molar-refractivity contribution in [3.63, 3.8) is 0 Å². The fourth-order valence-electron chi connectivity index (χ4n) is 2.41. The maximum Gasteiger partial charge on any atom is 0.163 e. The molecule has 0 aromatic heterocycles. The van der Waals surface area contributed by atoms with Gasteiger partial charge in [-0.2, -0.15) is 0 Å². The van der Waals surface area contributed by atoms with Crippen LogP contribution >= 0.6 is 23.2 Å². The number of aliphatic hydroxyl groups excluding tert-OH is 1. The van der Waals surface area contributed by atoms with Crippen molar-refractivity contribution in [1.82, 2.24) is 10.6 Å². The molecule has 5 nitrogen and oxygen atoms in total. The highest BCUT2D eigenvalue weighted by Crippen LogP contribution is 2.34. The highest BCUT2D eigenvalue weighted by molar-refractivity contribution is 6.31. The Morgan fingerprint density at radius 3 is 2.52 bits per heavy atom. The first-order chi connectivity index (χ1) is 13.1. The van der Waals surface area contributed by atoms with E-state index in [2.05, 4.69) is 10.6 Å². The molecule has 0 spiro atoms. The van der Waals surface area contributed by atoms with Gasteiger partial charge < -0.3 is 25.2 Å². The summed E-state index contributed by atoms with van der Waals surface area (Å²) in [6.45, 7) is 2.65. The molecule has 0 radical (unpaired) electrons. The molecule has 0 fully saturated rings. The number of nitrogens with one attached hydrogen (secondary N) is 2. The second kappa shape index (κ2) is 11.3. The molecule has 0 aliphatic heterocycles. The van der Waals surface area contributed by atoms with E-state index in [1.54, 1.807) is 24.3 Å². The Morgan fingerprint density at radius 1 is 1.04 bits per heavy atom. The molecule has 3 N–H and O–H groups in total. The monoisotopic (exact) mass is 416 g/mol. The van der Waals surface area contributed by atoms with Crippen molar-refractivity contribution in [2.75, 3.05) is 33.4 Å². The summed E-state index contributed by atoms with van der Waals surface area (Å²) in [4.78, 5) is 0. The van der Waals surface area contributed by atoms with Gasteiger partial charge in [0.25, 0.3) is 0 Å². The first-order valence-corrected chi connectivity index (χ1v) is 9.26. The smallest absolute Gasteiger partial charge is 0.163 e. The van der Waals surface area contributed by atoms with E-state index in [0.717, 1.165) is 18.7 Å². The van der Waals surface area contributed by atoms with Crippen LogP contribution in [0.4, 0.5) is 4.39 Å². The Hall–Kier alpha value is -1.57. The summed E-state index contributed by atoms with van der Waals surface area (Å²) in [5.74, 6) is 0.487. The summed E-state index contributed by atoms with van der Waals surface area (Å²) in [5, 5.41) is 15.9. The zero-order valence-corrected chi connectivity index (χ0v) is 16.5. The number of halogens is 3. The number of hydrogen-bond donors (Lipinski definition) is 3. The summed E-state index contributed by atoms with van der Waals surface area (Å²) in [7, 11) is 1.53. The highest BCUT2D eigenvalue weighted by atomic mass is 35.5. The van der Waals surface area contributed by atoms with Crippen LogP contribution in [0.2, 0.25) is 10.0 Å². The van der Waals surface area contributed by atoms with E-state index < -0.39 is 5.82 Å². The lowest BCUT2D eigenvalue weighted by Gasteiger charge is -2.15. The summed E-state index contributed by atoms with van der Waals surface area (Å²) < 4.78 is 24.9. The first-order valence-electron chi connectivity index (χ1n) is 8.51. The maximum atomic E-state index is 13.9. The van der Waals surface area contributed by atoms with Gasteiger partial charge in [-0.3, -0.25) is 0 Å². The van der Waals surface area contributed by atoms with Crippen molar-refractivity contribution in [1.29, 1.82) is 0 Å². The van der Waals surface area contributed by atoms with Crippen molar-refractivity contribution in [2.24, 2.45) is 0 Å². The van der Waals surface area contributed by atoms with Crippen LogP contribution < -0.4 is 20.1 Å². The van der Waals surface area contributed by atoms with E-state index in [0.29, 0.717) is 34.6 Å². The van der Waals surface area contributed by atoms with Gasteiger partial charge in [0, 0.05) is 42.8 Å². The van der Waals surface area contributed by atoms with Gasteiger partial charge in [-0.05, 0) is 23.8 Å². The van der Waals surface area contributed by atoms with Crippen LogP contribution in [0.25, 0.3) is 0 Å². The Balaban J connectivity index is 2.00. The molecule has 0 saturated carbocycles. The molecule has 0 aliphatic rings. The average Bonchev–Trinajstić information content (AvgIpc) is 2.65. The normalized spacial score (nSPS) is 10.9. The SMILES string of the molecule is COc1cc(CNCCNCCO)c(Cl)cc1OCc1c(F)cccc1Cl. The zero-order chi connectivity index (χ0) is 19.6. The van der Waals surface area contributed by atoms with Crippen LogP contribution in [-0.4, -0.2) is 38.5 Å². The van der Waals surface area contributed by atoms with Gasteiger partial charge in [-0.1, -0.05) is 29.3 Å². The number of rotatable bonds is 11. The van der Waals surface area contributed by atoms with E-state index >= 15 is 0 Å².